The third kappa shape index (κ3) is 3.76. The summed E-state index contributed by atoms with van der Waals surface area (Å²) in [4.78, 5) is 4.62. The van der Waals surface area contributed by atoms with Gasteiger partial charge >= 0.3 is 0 Å². The summed E-state index contributed by atoms with van der Waals surface area (Å²) in [6.45, 7) is 7.37. The lowest BCUT2D eigenvalue weighted by Crippen LogP contribution is -2.39. The number of nitrogens with zero attached hydrogens (tertiary/aromatic N) is 2. The lowest BCUT2D eigenvalue weighted by Gasteiger charge is -2.35. The molecule has 114 valence electrons. The molecule has 0 bridgehead atoms. The monoisotopic (exact) mass is 297 g/mol. The van der Waals surface area contributed by atoms with Crippen LogP contribution in [0.4, 0.5) is 0 Å². The zero-order valence-corrected chi connectivity index (χ0v) is 13.7. The molecule has 1 aromatic rings. The van der Waals surface area contributed by atoms with Crippen molar-refractivity contribution in [2.24, 2.45) is 17.6 Å². The van der Waals surface area contributed by atoms with Gasteiger partial charge in [0.15, 0.2) is 5.82 Å². The third-order valence-electron chi connectivity index (χ3n) is 4.23. The summed E-state index contributed by atoms with van der Waals surface area (Å²) in [5, 5.41) is 4.14. The molecule has 2 N–H and O–H groups in total. The van der Waals surface area contributed by atoms with E-state index in [-0.39, 0.29) is 5.41 Å². The molecule has 1 aliphatic carbocycles. The highest BCUT2D eigenvalue weighted by atomic mass is 32.2. The van der Waals surface area contributed by atoms with Crippen LogP contribution in [0.3, 0.4) is 0 Å². The van der Waals surface area contributed by atoms with Crippen molar-refractivity contribution in [2.75, 3.05) is 12.3 Å². The van der Waals surface area contributed by atoms with Gasteiger partial charge in [0.05, 0.1) is 11.2 Å². The van der Waals surface area contributed by atoms with Gasteiger partial charge in [-0.25, -0.2) is 0 Å². The lowest BCUT2D eigenvalue weighted by molar-refractivity contribution is 0.191. The minimum absolute atomic E-state index is 0.0690. The summed E-state index contributed by atoms with van der Waals surface area (Å²) in [5.41, 5.74) is 5.96. The van der Waals surface area contributed by atoms with Crippen LogP contribution < -0.4 is 5.73 Å². The smallest absolute Gasteiger partial charge is 0.234 e. The molecule has 0 aromatic carbocycles. The second kappa shape index (κ2) is 6.94. The molecular formula is C15H27N3OS. The Labute approximate surface area is 126 Å². The van der Waals surface area contributed by atoms with Gasteiger partial charge in [-0.2, -0.15) is 16.7 Å². The van der Waals surface area contributed by atoms with E-state index in [0.29, 0.717) is 12.5 Å². The Kier molecular flexibility index (Phi) is 5.49. The van der Waals surface area contributed by atoms with E-state index in [9.17, 15) is 0 Å². The molecule has 1 aliphatic rings. The molecule has 0 atom stereocenters. The number of hydrogen-bond donors (Lipinski definition) is 1. The molecule has 0 amide bonds. The summed E-state index contributed by atoms with van der Waals surface area (Å²) < 4.78 is 5.54. The summed E-state index contributed by atoms with van der Waals surface area (Å²) in [6.07, 6.45) is 4.56. The quantitative estimate of drug-likeness (QED) is 0.872. The van der Waals surface area contributed by atoms with E-state index in [1.165, 1.54) is 12.8 Å². The number of hydrogen-bond acceptors (Lipinski definition) is 5. The van der Waals surface area contributed by atoms with E-state index in [0.717, 1.165) is 42.0 Å². The zero-order valence-electron chi connectivity index (χ0n) is 12.9. The van der Waals surface area contributed by atoms with Crippen LogP contribution in [0.5, 0.6) is 0 Å². The molecule has 1 heterocycles. The van der Waals surface area contributed by atoms with Crippen LogP contribution in [0.15, 0.2) is 4.52 Å². The fourth-order valence-electron chi connectivity index (χ4n) is 2.73. The molecule has 0 saturated heterocycles. The minimum Gasteiger partial charge on any atom is -0.339 e. The predicted molar refractivity (Wildman–Crippen MR) is 83.7 cm³/mol. The van der Waals surface area contributed by atoms with Gasteiger partial charge in [-0.15, -0.1) is 0 Å². The molecule has 0 radical (unpaired) electrons. The second-order valence-corrected chi connectivity index (χ2v) is 7.62. The molecule has 1 saturated carbocycles. The van der Waals surface area contributed by atoms with Crippen LogP contribution in [-0.2, 0) is 11.2 Å². The summed E-state index contributed by atoms with van der Waals surface area (Å²) in [7, 11) is 0. The Bertz CT molecular complexity index is 411. The molecule has 0 unspecified atom stereocenters. The van der Waals surface area contributed by atoms with Gasteiger partial charge in [0.25, 0.3) is 0 Å². The van der Waals surface area contributed by atoms with Crippen molar-refractivity contribution in [1.82, 2.24) is 10.1 Å². The van der Waals surface area contributed by atoms with E-state index in [1.54, 1.807) is 0 Å². The largest absolute Gasteiger partial charge is 0.339 e. The van der Waals surface area contributed by atoms with E-state index in [4.69, 9.17) is 10.3 Å². The topological polar surface area (TPSA) is 64.9 Å². The highest BCUT2D eigenvalue weighted by Gasteiger charge is 2.39. The fraction of sp³-hybridized carbons (Fsp3) is 0.867. The van der Waals surface area contributed by atoms with E-state index in [1.807, 2.05) is 11.8 Å². The van der Waals surface area contributed by atoms with Crippen LogP contribution in [0.25, 0.3) is 0 Å². The van der Waals surface area contributed by atoms with Crippen LogP contribution in [0, 0.1) is 11.8 Å². The first kappa shape index (κ1) is 15.8. The molecule has 4 nitrogen and oxygen atoms in total. The van der Waals surface area contributed by atoms with Crippen LogP contribution in [0.1, 0.15) is 58.2 Å². The number of nitrogens with two attached hydrogens (primary N) is 1. The SMILES string of the molecule is CC(C)CSCc1noc(C2(CN)CCC(C)CC2)n1. The first-order valence-electron chi connectivity index (χ1n) is 7.66. The summed E-state index contributed by atoms with van der Waals surface area (Å²) >= 11 is 1.87. The van der Waals surface area contributed by atoms with Crippen molar-refractivity contribution in [2.45, 2.75) is 57.6 Å². The number of aromatic nitrogens is 2. The van der Waals surface area contributed by atoms with Gasteiger partial charge in [-0.3, -0.25) is 0 Å². The second-order valence-electron chi connectivity index (χ2n) is 6.59. The predicted octanol–water partition coefficient (Wildman–Crippen LogP) is 3.37. The first-order chi connectivity index (χ1) is 9.55. The van der Waals surface area contributed by atoms with E-state index < -0.39 is 0 Å². The molecule has 20 heavy (non-hydrogen) atoms. The summed E-state index contributed by atoms with van der Waals surface area (Å²) in [6, 6.07) is 0. The van der Waals surface area contributed by atoms with Crippen molar-refractivity contribution in [3.63, 3.8) is 0 Å². The summed E-state index contributed by atoms with van der Waals surface area (Å²) in [5.74, 6) is 5.03. The van der Waals surface area contributed by atoms with Crippen molar-refractivity contribution >= 4 is 11.8 Å². The maximum Gasteiger partial charge on any atom is 0.234 e. The maximum atomic E-state index is 6.03. The standard InChI is InChI=1S/C15H27N3OS/c1-11(2)8-20-9-13-17-14(19-18-13)15(10-16)6-4-12(3)5-7-15/h11-12H,4-10,16H2,1-3H3. The third-order valence-corrected chi connectivity index (χ3v) is 5.59. The molecule has 0 spiro atoms. The first-order valence-corrected chi connectivity index (χ1v) is 8.82. The Morgan fingerprint density at radius 3 is 2.70 bits per heavy atom. The fourth-order valence-corrected chi connectivity index (χ4v) is 3.62. The Hall–Kier alpha value is -0.550. The van der Waals surface area contributed by atoms with Gasteiger partial charge in [0.1, 0.15) is 0 Å². The zero-order chi connectivity index (χ0) is 14.6. The Morgan fingerprint density at radius 2 is 2.10 bits per heavy atom. The number of rotatable bonds is 6. The molecular weight excluding hydrogens is 270 g/mol. The Balaban J connectivity index is 1.99. The van der Waals surface area contributed by atoms with Gasteiger partial charge < -0.3 is 10.3 Å². The molecule has 2 rings (SSSR count). The van der Waals surface area contributed by atoms with Gasteiger partial charge in [0.2, 0.25) is 5.89 Å². The molecule has 0 aliphatic heterocycles. The highest BCUT2D eigenvalue weighted by molar-refractivity contribution is 7.98. The van der Waals surface area contributed by atoms with Crippen molar-refractivity contribution in [3.8, 4) is 0 Å². The van der Waals surface area contributed by atoms with Crippen molar-refractivity contribution < 1.29 is 4.52 Å². The maximum absolute atomic E-state index is 6.03. The molecule has 1 aromatic heterocycles. The molecule has 1 fully saturated rings. The minimum atomic E-state index is -0.0690. The lowest BCUT2D eigenvalue weighted by atomic mass is 9.71. The normalized spacial score (nSPS) is 27.1. The average molecular weight is 297 g/mol. The van der Waals surface area contributed by atoms with E-state index in [2.05, 4.69) is 30.9 Å². The van der Waals surface area contributed by atoms with Gasteiger partial charge in [-0.1, -0.05) is 25.9 Å². The van der Waals surface area contributed by atoms with Crippen LogP contribution in [0.2, 0.25) is 0 Å². The van der Waals surface area contributed by atoms with Crippen LogP contribution in [-0.4, -0.2) is 22.4 Å². The number of thioether (sulfide) groups is 1. The van der Waals surface area contributed by atoms with E-state index >= 15 is 0 Å². The van der Waals surface area contributed by atoms with Crippen molar-refractivity contribution in [3.05, 3.63) is 11.7 Å². The van der Waals surface area contributed by atoms with Crippen molar-refractivity contribution in [1.29, 1.82) is 0 Å². The highest BCUT2D eigenvalue weighted by Crippen LogP contribution is 2.40. The van der Waals surface area contributed by atoms with Gasteiger partial charge in [-0.05, 0) is 43.3 Å². The van der Waals surface area contributed by atoms with Crippen LogP contribution >= 0.6 is 11.8 Å². The van der Waals surface area contributed by atoms with Gasteiger partial charge in [0, 0.05) is 6.54 Å². The Morgan fingerprint density at radius 1 is 1.40 bits per heavy atom. The average Bonchev–Trinajstić information content (AvgIpc) is 2.89. The molecule has 5 heteroatoms.